The van der Waals surface area contributed by atoms with E-state index in [4.69, 9.17) is 0 Å². The lowest BCUT2D eigenvalue weighted by atomic mass is 10.2. The largest absolute Gasteiger partial charge is 0.419 e. The molecule has 2 N–H and O–H groups in total. The minimum absolute atomic E-state index is 0.182. The number of aromatic nitrogens is 3. The van der Waals surface area contributed by atoms with Gasteiger partial charge in [-0.25, -0.2) is 9.67 Å². The fraction of sp³-hybridized carbons (Fsp3) is 0.308. The number of nitrogens with one attached hydrogen (secondary N) is 2. The molecule has 2 aromatic rings. The molecule has 23 heavy (non-hydrogen) atoms. The third kappa shape index (κ3) is 4.21. The quantitative estimate of drug-likeness (QED) is 0.766. The van der Waals surface area contributed by atoms with Gasteiger partial charge in [-0.1, -0.05) is 0 Å². The van der Waals surface area contributed by atoms with E-state index in [1.54, 1.807) is 0 Å². The lowest BCUT2D eigenvalue weighted by Gasteiger charge is -2.14. The molecule has 0 aliphatic carbocycles. The van der Waals surface area contributed by atoms with Gasteiger partial charge in [0.1, 0.15) is 10.3 Å². The van der Waals surface area contributed by atoms with E-state index in [0.29, 0.717) is 10.2 Å². The van der Waals surface area contributed by atoms with Crippen molar-refractivity contribution in [2.24, 2.45) is 7.05 Å². The van der Waals surface area contributed by atoms with E-state index in [0.717, 1.165) is 10.7 Å². The predicted molar refractivity (Wildman–Crippen MR) is 83.4 cm³/mol. The van der Waals surface area contributed by atoms with Crippen LogP contribution in [0.1, 0.15) is 5.56 Å². The number of alkyl halides is 3. The van der Waals surface area contributed by atoms with Gasteiger partial charge >= 0.3 is 6.18 Å². The van der Waals surface area contributed by atoms with Crippen LogP contribution in [0.5, 0.6) is 0 Å². The molecule has 2 rings (SSSR count). The van der Waals surface area contributed by atoms with Crippen molar-refractivity contribution in [2.45, 2.75) is 6.18 Å². The number of pyridine rings is 1. The van der Waals surface area contributed by atoms with Crippen LogP contribution in [0.25, 0.3) is 0 Å². The first-order chi connectivity index (χ1) is 10.8. The van der Waals surface area contributed by atoms with Crippen LogP contribution in [0.2, 0.25) is 0 Å². The van der Waals surface area contributed by atoms with E-state index in [1.165, 1.54) is 25.5 Å². The van der Waals surface area contributed by atoms with Crippen molar-refractivity contribution in [1.29, 1.82) is 0 Å². The maximum atomic E-state index is 12.8. The van der Waals surface area contributed by atoms with Crippen LogP contribution in [-0.2, 0) is 13.2 Å². The predicted octanol–water partition coefficient (Wildman–Crippen LogP) is 2.48. The highest BCUT2D eigenvalue weighted by molar-refractivity contribution is 9.10. The van der Waals surface area contributed by atoms with Gasteiger partial charge in [-0.15, -0.1) is 0 Å². The summed E-state index contributed by atoms with van der Waals surface area (Å²) in [6.45, 7) is 0.461. The molecular weight excluding hydrogens is 379 g/mol. The summed E-state index contributed by atoms with van der Waals surface area (Å²) in [5.74, 6) is -0.233. The van der Waals surface area contributed by atoms with Gasteiger partial charge in [0, 0.05) is 26.3 Å². The van der Waals surface area contributed by atoms with Crippen LogP contribution < -0.4 is 16.2 Å². The second kappa shape index (κ2) is 6.99. The second-order valence-corrected chi connectivity index (χ2v) is 5.34. The smallest absolute Gasteiger partial charge is 0.381 e. The van der Waals surface area contributed by atoms with Crippen LogP contribution in [0.4, 0.5) is 24.7 Å². The van der Waals surface area contributed by atoms with Gasteiger partial charge in [-0.3, -0.25) is 4.79 Å². The Morgan fingerprint density at radius 3 is 2.70 bits per heavy atom. The first-order valence-corrected chi connectivity index (χ1v) is 7.32. The highest BCUT2D eigenvalue weighted by atomic mass is 79.9. The van der Waals surface area contributed by atoms with Crippen molar-refractivity contribution >= 4 is 27.4 Å². The molecule has 2 heterocycles. The normalized spacial score (nSPS) is 11.3. The van der Waals surface area contributed by atoms with E-state index in [2.05, 4.69) is 36.6 Å². The molecule has 6 nitrogen and oxygen atoms in total. The van der Waals surface area contributed by atoms with Gasteiger partial charge in [-0.05, 0) is 28.1 Å². The van der Waals surface area contributed by atoms with E-state index in [-0.39, 0.29) is 24.5 Å². The molecule has 0 radical (unpaired) electrons. The standard InChI is InChI=1S/C13H13BrF3N5O/c1-22-12(23)10(14)9(7-21-22)18-5-6-20-11-8(13(15,16)17)3-2-4-19-11/h2-4,7,18H,5-6H2,1H3,(H,19,20). The molecule has 0 aromatic carbocycles. The number of rotatable bonds is 5. The average molecular weight is 392 g/mol. The maximum Gasteiger partial charge on any atom is 0.419 e. The highest BCUT2D eigenvalue weighted by Gasteiger charge is 2.33. The zero-order valence-corrected chi connectivity index (χ0v) is 13.6. The van der Waals surface area contributed by atoms with Crippen LogP contribution >= 0.6 is 15.9 Å². The highest BCUT2D eigenvalue weighted by Crippen LogP contribution is 2.33. The van der Waals surface area contributed by atoms with Gasteiger partial charge in [0.2, 0.25) is 0 Å². The molecule has 0 saturated heterocycles. The molecule has 124 valence electrons. The summed E-state index contributed by atoms with van der Waals surface area (Å²) in [4.78, 5) is 15.4. The molecule has 10 heteroatoms. The van der Waals surface area contributed by atoms with E-state index in [9.17, 15) is 18.0 Å². The molecule has 0 aliphatic heterocycles. The topological polar surface area (TPSA) is 71.8 Å². The van der Waals surface area contributed by atoms with E-state index < -0.39 is 11.7 Å². The molecule has 0 unspecified atom stereocenters. The molecular formula is C13H13BrF3N5O. The number of halogens is 4. The fourth-order valence-electron chi connectivity index (χ4n) is 1.79. The SMILES string of the molecule is Cn1ncc(NCCNc2ncccc2C(F)(F)F)c(Br)c1=O. The first kappa shape index (κ1) is 17.3. The summed E-state index contributed by atoms with van der Waals surface area (Å²) in [5.41, 5.74) is -0.671. The fourth-order valence-corrected chi connectivity index (χ4v) is 2.29. The molecule has 0 atom stereocenters. The number of aryl methyl sites for hydroxylation is 1. The number of anilines is 2. The van der Waals surface area contributed by atoms with Crippen molar-refractivity contribution in [3.63, 3.8) is 0 Å². The lowest BCUT2D eigenvalue weighted by Crippen LogP contribution is -2.23. The molecule has 2 aromatic heterocycles. The van der Waals surface area contributed by atoms with Crippen LogP contribution in [0, 0.1) is 0 Å². The van der Waals surface area contributed by atoms with Gasteiger partial charge in [0.25, 0.3) is 5.56 Å². The minimum Gasteiger partial charge on any atom is -0.381 e. The Kier molecular flexibility index (Phi) is 5.24. The molecule has 0 aliphatic rings. The Morgan fingerprint density at radius 2 is 2.00 bits per heavy atom. The summed E-state index contributed by atoms with van der Waals surface area (Å²) < 4.78 is 39.9. The molecule has 0 spiro atoms. The van der Waals surface area contributed by atoms with Crippen molar-refractivity contribution in [1.82, 2.24) is 14.8 Å². The molecule has 0 fully saturated rings. The average Bonchev–Trinajstić information content (AvgIpc) is 2.50. The summed E-state index contributed by atoms with van der Waals surface area (Å²) >= 11 is 3.15. The third-order valence-corrected chi connectivity index (χ3v) is 3.69. The van der Waals surface area contributed by atoms with Crippen molar-refractivity contribution < 1.29 is 13.2 Å². The van der Waals surface area contributed by atoms with E-state index in [1.807, 2.05) is 0 Å². The van der Waals surface area contributed by atoms with Crippen LogP contribution in [0.3, 0.4) is 0 Å². The maximum absolute atomic E-state index is 12.8. The van der Waals surface area contributed by atoms with Crippen molar-refractivity contribution in [2.75, 3.05) is 23.7 Å². The van der Waals surface area contributed by atoms with Crippen molar-refractivity contribution in [3.05, 3.63) is 44.9 Å². The Morgan fingerprint density at radius 1 is 1.30 bits per heavy atom. The number of hydrogen-bond donors (Lipinski definition) is 2. The lowest BCUT2D eigenvalue weighted by molar-refractivity contribution is -0.137. The van der Waals surface area contributed by atoms with Crippen molar-refractivity contribution in [3.8, 4) is 0 Å². The first-order valence-electron chi connectivity index (χ1n) is 6.52. The zero-order chi connectivity index (χ0) is 17.0. The summed E-state index contributed by atoms with van der Waals surface area (Å²) in [5, 5.41) is 9.39. The molecule has 0 bridgehead atoms. The van der Waals surface area contributed by atoms with Gasteiger partial charge in [0.05, 0.1) is 17.4 Å². The van der Waals surface area contributed by atoms with E-state index >= 15 is 0 Å². The monoisotopic (exact) mass is 391 g/mol. The second-order valence-electron chi connectivity index (χ2n) is 4.55. The zero-order valence-electron chi connectivity index (χ0n) is 12.0. The van der Waals surface area contributed by atoms with Crippen LogP contribution in [0.15, 0.2) is 33.8 Å². The summed E-state index contributed by atoms with van der Waals surface area (Å²) in [6, 6.07) is 2.19. The molecule has 0 saturated carbocycles. The van der Waals surface area contributed by atoms with Gasteiger partial charge < -0.3 is 10.6 Å². The molecule has 0 amide bonds. The summed E-state index contributed by atoms with van der Waals surface area (Å²) in [6.07, 6.45) is -1.73. The number of hydrogen-bond acceptors (Lipinski definition) is 5. The van der Waals surface area contributed by atoms with Gasteiger partial charge in [-0.2, -0.15) is 18.3 Å². The summed E-state index contributed by atoms with van der Waals surface area (Å²) in [7, 11) is 1.51. The Labute approximate surface area is 137 Å². The number of nitrogens with zero attached hydrogens (tertiary/aromatic N) is 3. The Balaban J connectivity index is 1.97. The Bertz CT molecular complexity index is 747. The third-order valence-electron chi connectivity index (χ3n) is 2.92. The van der Waals surface area contributed by atoms with Crippen LogP contribution in [-0.4, -0.2) is 27.9 Å². The van der Waals surface area contributed by atoms with Gasteiger partial charge in [0.15, 0.2) is 0 Å². The Hall–Kier alpha value is -2.10. The minimum atomic E-state index is -4.47.